The van der Waals surface area contributed by atoms with Gasteiger partial charge >= 0.3 is 6.01 Å². The Balaban J connectivity index is 1.64. The van der Waals surface area contributed by atoms with Crippen molar-refractivity contribution in [3.05, 3.63) is 18.0 Å². The van der Waals surface area contributed by atoms with E-state index in [0.29, 0.717) is 11.6 Å². The maximum absolute atomic E-state index is 13.2. The van der Waals surface area contributed by atoms with E-state index in [1.807, 2.05) is 0 Å². The standard InChI is InChI=1S/C15H18F2N4O/c16-15(17)4-6-21(7-5-15)13(8-18)11-9-19-14(20-10-11)22-12-2-1-3-12/h9-10,12-13H,1-7H2. The molecule has 7 heteroatoms. The number of nitrogens with zero attached hydrogens (tertiary/aromatic N) is 4. The molecule has 0 N–H and O–H groups in total. The average Bonchev–Trinajstić information content (AvgIpc) is 2.47. The Morgan fingerprint density at radius 3 is 2.41 bits per heavy atom. The van der Waals surface area contributed by atoms with Gasteiger partial charge in [0.15, 0.2) is 0 Å². The topological polar surface area (TPSA) is 62.0 Å². The van der Waals surface area contributed by atoms with Crippen molar-refractivity contribution in [2.24, 2.45) is 0 Å². The van der Waals surface area contributed by atoms with Gasteiger partial charge in [0.25, 0.3) is 5.92 Å². The van der Waals surface area contributed by atoms with Crippen molar-refractivity contribution in [3.8, 4) is 12.1 Å². The van der Waals surface area contributed by atoms with Gasteiger partial charge < -0.3 is 4.74 Å². The molecule has 1 aromatic heterocycles. The summed E-state index contributed by atoms with van der Waals surface area (Å²) in [6.45, 7) is 0.400. The molecule has 0 amide bonds. The largest absolute Gasteiger partial charge is 0.460 e. The van der Waals surface area contributed by atoms with Crippen LogP contribution in [0.1, 0.15) is 43.7 Å². The number of nitriles is 1. The maximum atomic E-state index is 13.2. The first kappa shape index (κ1) is 15.1. The quantitative estimate of drug-likeness (QED) is 0.856. The number of alkyl halides is 2. The number of aromatic nitrogens is 2. The van der Waals surface area contributed by atoms with Gasteiger partial charge in [0.05, 0.1) is 6.07 Å². The predicted octanol–water partition coefficient (Wildman–Crippen LogP) is 2.70. The van der Waals surface area contributed by atoms with Gasteiger partial charge in [0.1, 0.15) is 12.1 Å². The van der Waals surface area contributed by atoms with Crippen molar-refractivity contribution in [2.75, 3.05) is 13.1 Å². The second kappa shape index (κ2) is 6.13. The summed E-state index contributed by atoms with van der Waals surface area (Å²) in [4.78, 5) is 10.0. The van der Waals surface area contributed by atoms with Crippen molar-refractivity contribution in [1.82, 2.24) is 14.9 Å². The van der Waals surface area contributed by atoms with E-state index < -0.39 is 12.0 Å². The molecule has 2 fully saturated rings. The molecular formula is C15H18F2N4O. The number of piperidine rings is 1. The molecule has 1 aliphatic carbocycles. The lowest BCUT2D eigenvalue weighted by molar-refractivity contribution is -0.0595. The third-order valence-electron chi connectivity index (χ3n) is 4.31. The van der Waals surface area contributed by atoms with Crippen LogP contribution in [0.2, 0.25) is 0 Å². The number of hydrogen-bond acceptors (Lipinski definition) is 5. The van der Waals surface area contributed by atoms with E-state index >= 15 is 0 Å². The number of rotatable bonds is 4. The van der Waals surface area contributed by atoms with Gasteiger partial charge in [-0.1, -0.05) is 0 Å². The molecule has 5 nitrogen and oxygen atoms in total. The average molecular weight is 308 g/mol. The summed E-state index contributed by atoms with van der Waals surface area (Å²) >= 11 is 0. The molecule has 1 aliphatic heterocycles. The Labute approximate surface area is 127 Å². The van der Waals surface area contributed by atoms with Gasteiger partial charge in [-0.15, -0.1) is 0 Å². The molecule has 0 bridgehead atoms. The first-order valence-electron chi connectivity index (χ1n) is 7.57. The molecule has 22 heavy (non-hydrogen) atoms. The SMILES string of the molecule is N#CC(c1cnc(OC2CCC2)nc1)N1CCC(F)(F)CC1. The smallest absolute Gasteiger partial charge is 0.316 e. The number of ether oxygens (including phenoxy) is 1. The Kier molecular flexibility index (Phi) is 4.21. The van der Waals surface area contributed by atoms with Gasteiger partial charge in [0.2, 0.25) is 0 Å². The van der Waals surface area contributed by atoms with Crippen LogP contribution >= 0.6 is 0 Å². The number of likely N-dealkylation sites (tertiary alicyclic amines) is 1. The molecule has 0 radical (unpaired) electrons. The highest BCUT2D eigenvalue weighted by Crippen LogP contribution is 2.32. The van der Waals surface area contributed by atoms with Crippen LogP contribution in [0, 0.1) is 11.3 Å². The fourth-order valence-electron chi connectivity index (χ4n) is 2.64. The van der Waals surface area contributed by atoms with E-state index in [-0.39, 0.29) is 32.0 Å². The highest BCUT2D eigenvalue weighted by Gasteiger charge is 2.36. The van der Waals surface area contributed by atoms with E-state index in [4.69, 9.17) is 4.74 Å². The van der Waals surface area contributed by atoms with Crippen LogP contribution < -0.4 is 4.74 Å². The van der Waals surface area contributed by atoms with Gasteiger partial charge in [-0.3, -0.25) is 4.90 Å². The summed E-state index contributed by atoms with van der Waals surface area (Å²) in [5.41, 5.74) is 0.619. The summed E-state index contributed by atoms with van der Waals surface area (Å²) < 4.78 is 32.0. The molecule has 2 heterocycles. The summed E-state index contributed by atoms with van der Waals surface area (Å²) in [7, 11) is 0. The Morgan fingerprint density at radius 2 is 1.91 bits per heavy atom. The van der Waals surface area contributed by atoms with E-state index in [2.05, 4.69) is 16.0 Å². The fourth-order valence-corrected chi connectivity index (χ4v) is 2.64. The van der Waals surface area contributed by atoms with E-state index in [1.165, 1.54) is 6.42 Å². The van der Waals surface area contributed by atoms with E-state index in [1.54, 1.807) is 17.3 Å². The zero-order valence-corrected chi connectivity index (χ0v) is 12.2. The lowest BCUT2D eigenvalue weighted by Crippen LogP contribution is -2.41. The second-order valence-electron chi connectivity index (χ2n) is 5.89. The molecule has 0 aromatic carbocycles. The zero-order chi connectivity index (χ0) is 15.6. The van der Waals surface area contributed by atoms with Crippen molar-refractivity contribution in [3.63, 3.8) is 0 Å². The molecule has 1 aromatic rings. The first-order valence-corrected chi connectivity index (χ1v) is 7.57. The monoisotopic (exact) mass is 308 g/mol. The van der Waals surface area contributed by atoms with Gasteiger partial charge in [-0.05, 0) is 19.3 Å². The number of halogens is 2. The van der Waals surface area contributed by atoms with Crippen LogP contribution in [-0.4, -0.2) is 40.0 Å². The highest BCUT2D eigenvalue weighted by atomic mass is 19.3. The molecule has 0 spiro atoms. The Morgan fingerprint density at radius 1 is 1.27 bits per heavy atom. The molecule has 1 saturated heterocycles. The van der Waals surface area contributed by atoms with Crippen LogP contribution in [-0.2, 0) is 0 Å². The third kappa shape index (κ3) is 3.33. The van der Waals surface area contributed by atoms with Crippen LogP contribution in [0.5, 0.6) is 6.01 Å². The van der Waals surface area contributed by atoms with Crippen molar-refractivity contribution >= 4 is 0 Å². The van der Waals surface area contributed by atoms with Gasteiger partial charge in [-0.25, -0.2) is 18.7 Å². The molecule has 1 saturated carbocycles. The first-order chi connectivity index (χ1) is 10.6. The maximum Gasteiger partial charge on any atom is 0.316 e. The summed E-state index contributed by atoms with van der Waals surface area (Å²) in [5.74, 6) is -2.62. The highest BCUT2D eigenvalue weighted by molar-refractivity contribution is 5.19. The molecule has 118 valence electrons. The molecule has 2 aliphatic rings. The van der Waals surface area contributed by atoms with Crippen LogP contribution in [0.3, 0.4) is 0 Å². The van der Waals surface area contributed by atoms with Crippen molar-refractivity contribution in [1.29, 1.82) is 5.26 Å². The summed E-state index contributed by atoms with van der Waals surface area (Å²) in [6.07, 6.45) is 6.09. The van der Waals surface area contributed by atoms with Crippen molar-refractivity contribution < 1.29 is 13.5 Å². The Hall–Kier alpha value is -1.81. The predicted molar refractivity (Wildman–Crippen MR) is 74.4 cm³/mol. The van der Waals surface area contributed by atoms with E-state index in [0.717, 1.165) is 12.8 Å². The number of hydrogen-bond donors (Lipinski definition) is 0. The van der Waals surface area contributed by atoms with E-state index in [9.17, 15) is 14.0 Å². The second-order valence-corrected chi connectivity index (χ2v) is 5.89. The summed E-state index contributed by atoms with van der Waals surface area (Å²) in [5, 5.41) is 9.36. The van der Waals surface area contributed by atoms with Crippen LogP contribution in [0.15, 0.2) is 12.4 Å². The third-order valence-corrected chi connectivity index (χ3v) is 4.31. The lowest BCUT2D eigenvalue weighted by Gasteiger charge is -2.34. The molecule has 1 unspecified atom stereocenters. The minimum atomic E-state index is -2.62. The normalized spacial score (nSPS) is 23.3. The molecular weight excluding hydrogens is 290 g/mol. The minimum Gasteiger partial charge on any atom is -0.460 e. The molecule has 1 atom stereocenters. The Bertz CT molecular complexity index is 544. The van der Waals surface area contributed by atoms with Crippen LogP contribution in [0.25, 0.3) is 0 Å². The minimum absolute atomic E-state index is 0.196. The van der Waals surface area contributed by atoms with Gasteiger partial charge in [0, 0.05) is 43.9 Å². The zero-order valence-electron chi connectivity index (χ0n) is 12.2. The van der Waals surface area contributed by atoms with Gasteiger partial charge in [-0.2, -0.15) is 5.26 Å². The van der Waals surface area contributed by atoms with Crippen LogP contribution in [0.4, 0.5) is 8.78 Å². The summed E-state index contributed by atoms with van der Waals surface area (Å²) in [6, 6.07) is 1.88. The molecule has 3 rings (SSSR count). The van der Waals surface area contributed by atoms with Crippen molar-refractivity contribution in [2.45, 2.75) is 50.2 Å². The fraction of sp³-hybridized carbons (Fsp3) is 0.667. The lowest BCUT2D eigenvalue weighted by atomic mass is 9.96.